The van der Waals surface area contributed by atoms with E-state index in [0.717, 1.165) is 22.5 Å². The Labute approximate surface area is 152 Å². The lowest BCUT2D eigenvalue weighted by Crippen LogP contribution is -1.99. The summed E-state index contributed by atoms with van der Waals surface area (Å²) in [6, 6.07) is 15.9. The number of para-hydroxylation sites is 1. The fourth-order valence-corrected chi connectivity index (χ4v) is 2.86. The summed E-state index contributed by atoms with van der Waals surface area (Å²) in [5.74, 6) is -2.75. The molecule has 0 aromatic heterocycles. The summed E-state index contributed by atoms with van der Waals surface area (Å²) in [5, 5.41) is 0.734. The third-order valence-electron chi connectivity index (χ3n) is 3.73. The second-order valence-electron chi connectivity index (χ2n) is 5.48. The molecule has 0 amide bonds. The van der Waals surface area contributed by atoms with Gasteiger partial charge in [0.1, 0.15) is 18.2 Å². The quantitative estimate of drug-likeness (QED) is 0.359. The van der Waals surface area contributed by atoms with E-state index in [1.54, 1.807) is 24.3 Å². The van der Waals surface area contributed by atoms with Crippen molar-refractivity contribution in [3.05, 3.63) is 89.2 Å². The van der Waals surface area contributed by atoms with Crippen molar-refractivity contribution in [1.29, 1.82) is 0 Å². The Morgan fingerprint density at radius 1 is 0.720 bits per heavy atom. The molecule has 128 valence electrons. The van der Waals surface area contributed by atoms with Gasteiger partial charge >= 0.3 is 0 Å². The van der Waals surface area contributed by atoms with Crippen LogP contribution in [-0.2, 0) is 11.9 Å². The van der Waals surface area contributed by atoms with Crippen LogP contribution < -0.4 is 4.74 Å². The van der Waals surface area contributed by atoms with Crippen LogP contribution in [0.15, 0.2) is 60.7 Å². The highest BCUT2D eigenvalue weighted by molar-refractivity contribution is 9.08. The largest absolute Gasteiger partial charge is 0.488 e. The van der Waals surface area contributed by atoms with E-state index in [-0.39, 0.29) is 12.2 Å². The molecule has 0 saturated heterocycles. The fraction of sp³-hybridized carbons (Fsp3) is 0.100. The molecule has 0 aliphatic rings. The molecule has 0 radical (unpaired) electrons. The first-order valence-electron chi connectivity index (χ1n) is 7.59. The van der Waals surface area contributed by atoms with Crippen molar-refractivity contribution in [2.24, 2.45) is 0 Å². The van der Waals surface area contributed by atoms with Crippen LogP contribution in [0, 0.1) is 17.5 Å². The Bertz CT molecular complexity index is 896. The number of alkyl halides is 1. The zero-order valence-electron chi connectivity index (χ0n) is 13.1. The normalized spacial score (nSPS) is 10.7. The van der Waals surface area contributed by atoms with Crippen LogP contribution >= 0.6 is 15.9 Å². The van der Waals surface area contributed by atoms with Gasteiger partial charge in [-0.15, -0.1) is 0 Å². The highest BCUT2D eigenvalue weighted by Crippen LogP contribution is 2.33. The first-order valence-corrected chi connectivity index (χ1v) is 8.71. The number of hydrogen-bond acceptors (Lipinski definition) is 1. The molecule has 3 aromatic carbocycles. The lowest BCUT2D eigenvalue weighted by atomic mass is 10.0. The summed E-state index contributed by atoms with van der Waals surface area (Å²) < 4.78 is 46.6. The third-order valence-corrected chi connectivity index (χ3v) is 4.37. The molecule has 0 atom stereocenters. The summed E-state index contributed by atoms with van der Waals surface area (Å²) in [4.78, 5) is 0. The van der Waals surface area contributed by atoms with E-state index < -0.39 is 17.5 Å². The summed E-state index contributed by atoms with van der Waals surface area (Å²) in [6.45, 7) is 0.281. The van der Waals surface area contributed by atoms with E-state index in [1.165, 1.54) is 0 Å². The minimum absolute atomic E-state index is 0.0382. The number of rotatable bonds is 5. The minimum atomic E-state index is -1.22. The highest BCUT2D eigenvalue weighted by Gasteiger charge is 2.15. The van der Waals surface area contributed by atoms with Gasteiger partial charge in [-0.2, -0.15) is 0 Å². The molecule has 25 heavy (non-hydrogen) atoms. The molecule has 0 bridgehead atoms. The lowest BCUT2D eigenvalue weighted by molar-refractivity contribution is 0.307. The number of halogens is 4. The highest BCUT2D eigenvalue weighted by atomic mass is 79.9. The van der Waals surface area contributed by atoms with Crippen molar-refractivity contribution in [2.75, 3.05) is 0 Å². The van der Waals surface area contributed by atoms with Crippen LogP contribution in [0.2, 0.25) is 0 Å². The van der Waals surface area contributed by atoms with Gasteiger partial charge in [0, 0.05) is 22.5 Å². The molecule has 5 heteroatoms. The van der Waals surface area contributed by atoms with E-state index in [2.05, 4.69) is 15.9 Å². The van der Waals surface area contributed by atoms with E-state index in [0.29, 0.717) is 17.4 Å². The first-order chi connectivity index (χ1) is 12.1. The summed E-state index contributed by atoms with van der Waals surface area (Å²) in [7, 11) is 0. The van der Waals surface area contributed by atoms with Crippen molar-refractivity contribution < 1.29 is 17.9 Å². The molecule has 0 saturated carbocycles. The zero-order chi connectivity index (χ0) is 17.8. The van der Waals surface area contributed by atoms with Crippen LogP contribution in [0.25, 0.3) is 11.1 Å². The van der Waals surface area contributed by atoms with Gasteiger partial charge in [0.05, 0.1) is 0 Å². The van der Waals surface area contributed by atoms with E-state index >= 15 is 0 Å². The summed E-state index contributed by atoms with van der Waals surface area (Å²) >= 11 is 3.40. The zero-order valence-corrected chi connectivity index (χ0v) is 14.7. The Morgan fingerprint density at radius 3 is 2.24 bits per heavy atom. The van der Waals surface area contributed by atoms with Crippen LogP contribution in [0.3, 0.4) is 0 Å². The molecule has 0 aliphatic heterocycles. The maximum absolute atomic E-state index is 14.1. The van der Waals surface area contributed by atoms with Crippen LogP contribution in [-0.4, -0.2) is 0 Å². The second-order valence-corrected chi connectivity index (χ2v) is 6.05. The van der Waals surface area contributed by atoms with Crippen LogP contribution in [0.5, 0.6) is 5.75 Å². The molecular formula is C20H14BrF3O. The average Bonchev–Trinajstić information content (AvgIpc) is 2.63. The molecule has 3 rings (SSSR count). The predicted octanol–water partition coefficient (Wildman–Crippen LogP) is 6.24. The van der Waals surface area contributed by atoms with Crippen LogP contribution in [0.1, 0.15) is 11.1 Å². The maximum atomic E-state index is 14.1. The fourth-order valence-electron chi connectivity index (χ4n) is 2.51. The van der Waals surface area contributed by atoms with Gasteiger partial charge in [0.25, 0.3) is 0 Å². The number of benzene rings is 3. The molecular weight excluding hydrogens is 393 g/mol. The van der Waals surface area contributed by atoms with Gasteiger partial charge in [0.15, 0.2) is 11.6 Å². The average molecular weight is 407 g/mol. The SMILES string of the molecule is Fc1cc(F)c(-c2ccccc2OCc2cccc(CBr)c2)cc1F. The van der Waals surface area contributed by atoms with E-state index in [1.807, 2.05) is 24.3 Å². The molecule has 0 fully saturated rings. The Balaban J connectivity index is 1.90. The number of ether oxygens (including phenoxy) is 1. The molecule has 0 unspecified atom stereocenters. The van der Waals surface area contributed by atoms with E-state index in [4.69, 9.17) is 4.74 Å². The monoisotopic (exact) mass is 406 g/mol. The molecule has 3 aromatic rings. The molecule has 1 nitrogen and oxygen atoms in total. The van der Waals surface area contributed by atoms with Crippen molar-refractivity contribution in [2.45, 2.75) is 11.9 Å². The maximum Gasteiger partial charge on any atom is 0.161 e. The van der Waals surface area contributed by atoms with E-state index in [9.17, 15) is 13.2 Å². The Kier molecular flexibility index (Phi) is 5.43. The predicted molar refractivity (Wildman–Crippen MR) is 95.2 cm³/mol. The second kappa shape index (κ2) is 7.74. The third kappa shape index (κ3) is 4.04. The van der Waals surface area contributed by atoms with Crippen LogP contribution in [0.4, 0.5) is 13.2 Å². The van der Waals surface area contributed by atoms with Gasteiger partial charge in [-0.3, -0.25) is 0 Å². The lowest BCUT2D eigenvalue weighted by Gasteiger charge is -2.13. The molecule has 0 aliphatic carbocycles. The van der Waals surface area contributed by atoms with Crippen molar-refractivity contribution in [3.8, 4) is 16.9 Å². The van der Waals surface area contributed by atoms with Gasteiger partial charge in [-0.25, -0.2) is 13.2 Å². The Hall–Kier alpha value is -2.27. The first kappa shape index (κ1) is 17.5. The smallest absolute Gasteiger partial charge is 0.161 e. The summed E-state index contributed by atoms with van der Waals surface area (Å²) in [5.41, 5.74) is 2.40. The van der Waals surface area contributed by atoms with Gasteiger partial charge < -0.3 is 4.74 Å². The topological polar surface area (TPSA) is 9.23 Å². The van der Waals surface area contributed by atoms with Gasteiger partial charge in [-0.1, -0.05) is 58.4 Å². The Morgan fingerprint density at radius 2 is 1.44 bits per heavy atom. The number of hydrogen-bond donors (Lipinski definition) is 0. The molecule has 0 heterocycles. The summed E-state index contributed by atoms with van der Waals surface area (Å²) in [6.07, 6.45) is 0. The standard InChI is InChI=1S/C20H14BrF3O/c21-11-13-4-3-5-14(8-13)12-25-20-7-2-1-6-15(20)16-9-18(23)19(24)10-17(16)22/h1-10H,11-12H2. The van der Waals surface area contributed by atoms with Crippen molar-refractivity contribution in [3.63, 3.8) is 0 Å². The van der Waals surface area contributed by atoms with Gasteiger partial charge in [0.2, 0.25) is 0 Å². The van der Waals surface area contributed by atoms with Crippen molar-refractivity contribution in [1.82, 2.24) is 0 Å². The molecule has 0 N–H and O–H groups in total. The minimum Gasteiger partial charge on any atom is -0.488 e. The van der Waals surface area contributed by atoms with Gasteiger partial charge in [-0.05, 0) is 23.3 Å². The molecule has 0 spiro atoms. The van der Waals surface area contributed by atoms with Crippen molar-refractivity contribution >= 4 is 15.9 Å².